The number of ether oxygens (including phenoxy) is 2. The van der Waals surface area contributed by atoms with Crippen molar-refractivity contribution >= 4 is 20.3 Å². The summed E-state index contributed by atoms with van der Waals surface area (Å²) in [6, 6.07) is 9.18. The van der Waals surface area contributed by atoms with E-state index in [1.807, 2.05) is 58.0 Å². The van der Waals surface area contributed by atoms with Crippen LogP contribution in [0.2, 0.25) is 18.1 Å². The maximum absolute atomic E-state index is 12.9. The van der Waals surface area contributed by atoms with Crippen LogP contribution in [0.25, 0.3) is 0 Å². The van der Waals surface area contributed by atoms with E-state index in [0.717, 1.165) is 5.56 Å². The number of benzene rings is 1. The number of nitrogens with one attached hydrogen (secondary N) is 1. The highest BCUT2D eigenvalue weighted by Gasteiger charge is 2.33. The molecule has 1 aromatic rings. The van der Waals surface area contributed by atoms with E-state index in [-0.39, 0.29) is 30.1 Å². The van der Waals surface area contributed by atoms with Crippen molar-refractivity contribution in [2.75, 3.05) is 13.1 Å². The molecular weight excluding hydrogens is 456 g/mol. The highest BCUT2D eigenvalue weighted by molar-refractivity contribution is 6.84. The van der Waals surface area contributed by atoms with Gasteiger partial charge in [0.25, 0.3) is 0 Å². The summed E-state index contributed by atoms with van der Waals surface area (Å²) >= 11 is 0. The first kappa shape index (κ1) is 30.5. The van der Waals surface area contributed by atoms with Crippen LogP contribution in [0.5, 0.6) is 0 Å². The minimum Gasteiger partial charge on any atom is -0.445 e. The van der Waals surface area contributed by atoms with E-state index >= 15 is 0 Å². The van der Waals surface area contributed by atoms with Crippen molar-refractivity contribution in [2.24, 2.45) is 5.92 Å². The number of alkyl carbamates (subject to hydrolysis) is 1. The van der Waals surface area contributed by atoms with E-state index in [1.54, 1.807) is 11.0 Å². The van der Waals surface area contributed by atoms with Gasteiger partial charge in [0.15, 0.2) is 0 Å². The van der Waals surface area contributed by atoms with Crippen molar-refractivity contribution in [1.29, 1.82) is 0 Å². The SMILES string of the molecule is C=CCN(CC(NC(=O)OC(C)(C)C)[C@@H](C)/C=C/[Si](C)(C)C(C)(C)C)C(=O)OCc1ccccc1. The molecule has 6 nitrogen and oxygen atoms in total. The molecule has 2 amide bonds. The van der Waals surface area contributed by atoms with Gasteiger partial charge in [-0.2, -0.15) is 0 Å². The zero-order valence-electron chi connectivity index (χ0n) is 23.2. The summed E-state index contributed by atoms with van der Waals surface area (Å²) < 4.78 is 11.1. The molecule has 1 rings (SSSR count). The third-order valence-electron chi connectivity index (χ3n) is 6.32. The number of hydrogen-bond acceptors (Lipinski definition) is 4. The number of amides is 2. The summed E-state index contributed by atoms with van der Waals surface area (Å²) in [6.07, 6.45) is 2.86. The molecule has 0 aliphatic carbocycles. The Bertz CT molecular complexity index is 854. The van der Waals surface area contributed by atoms with E-state index < -0.39 is 25.9 Å². The van der Waals surface area contributed by atoms with Gasteiger partial charge in [-0.05, 0) is 37.3 Å². The lowest BCUT2D eigenvalue weighted by Crippen LogP contribution is -2.50. The molecule has 0 spiro atoms. The predicted octanol–water partition coefficient (Wildman–Crippen LogP) is 6.94. The second kappa shape index (κ2) is 13.0. The number of nitrogens with zero attached hydrogens (tertiary/aromatic N) is 1. The Labute approximate surface area is 213 Å². The van der Waals surface area contributed by atoms with Gasteiger partial charge in [-0.3, -0.25) is 0 Å². The number of rotatable bonds is 10. The molecule has 35 heavy (non-hydrogen) atoms. The second-order valence-corrected chi connectivity index (χ2v) is 17.0. The predicted molar refractivity (Wildman–Crippen MR) is 147 cm³/mol. The smallest absolute Gasteiger partial charge is 0.410 e. The summed E-state index contributed by atoms with van der Waals surface area (Å²) in [5, 5.41) is 3.19. The van der Waals surface area contributed by atoms with Gasteiger partial charge in [0.1, 0.15) is 12.2 Å². The van der Waals surface area contributed by atoms with Gasteiger partial charge in [-0.1, -0.05) is 89.0 Å². The molecule has 7 heteroatoms. The Hall–Kier alpha value is -2.54. The normalized spacial score (nSPS) is 14.2. The monoisotopic (exact) mass is 502 g/mol. The summed E-state index contributed by atoms with van der Waals surface area (Å²) in [7, 11) is -1.66. The molecule has 0 fully saturated rings. The van der Waals surface area contributed by atoms with Crippen LogP contribution in [-0.4, -0.2) is 49.9 Å². The largest absolute Gasteiger partial charge is 0.445 e. The lowest BCUT2D eigenvalue weighted by Gasteiger charge is -2.35. The van der Waals surface area contributed by atoms with E-state index in [9.17, 15) is 9.59 Å². The zero-order chi connectivity index (χ0) is 26.9. The maximum atomic E-state index is 12.9. The average Bonchev–Trinajstić information content (AvgIpc) is 2.73. The van der Waals surface area contributed by atoms with Crippen LogP contribution in [-0.2, 0) is 16.1 Å². The van der Waals surface area contributed by atoms with Gasteiger partial charge in [0, 0.05) is 13.1 Å². The summed E-state index contributed by atoms with van der Waals surface area (Å²) in [5.74, 6) is -0.0362. The van der Waals surface area contributed by atoms with E-state index in [4.69, 9.17) is 9.47 Å². The molecule has 0 aromatic heterocycles. The van der Waals surface area contributed by atoms with Crippen LogP contribution >= 0.6 is 0 Å². The van der Waals surface area contributed by atoms with Crippen molar-refractivity contribution in [2.45, 2.75) is 84.8 Å². The molecule has 0 bridgehead atoms. The molecule has 0 radical (unpaired) electrons. The van der Waals surface area contributed by atoms with Crippen molar-refractivity contribution in [3.05, 3.63) is 60.3 Å². The topological polar surface area (TPSA) is 67.9 Å². The first-order valence-corrected chi connectivity index (χ1v) is 15.4. The number of carbonyl (C=O) groups excluding carboxylic acids is 2. The fourth-order valence-electron chi connectivity index (χ4n) is 3.01. The molecule has 0 saturated heterocycles. The van der Waals surface area contributed by atoms with E-state index in [0.29, 0.717) is 6.54 Å². The van der Waals surface area contributed by atoms with Crippen LogP contribution in [0.1, 0.15) is 54.0 Å². The van der Waals surface area contributed by atoms with Crippen LogP contribution in [0.4, 0.5) is 9.59 Å². The fourth-order valence-corrected chi connectivity index (χ4v) is 4.29. The minimum atomic E-state index is -1.66. The van der Waals surface area contributed by atoms with Crippen LogP contribution in [0.3, 0.4) is 0 Å². The lowest BCUT2D eigenvalue weighted by atomic mass is 10.0. The van der Waals surface area contributed by atoms with Crippen molar-refractivity contribution in [3.8, 4) is 0 Å². The summed E-state index contributed by atoms with van der Waals surface area (Å²) in [6.45, 7) is 23.5. The Morgan fingerprint density at radius 1 is 1.11 bits per heavy atom. The first-order valence-electron chi connectivity index (χ1n) is 12.3. The molecular formula is C28H46N2O4Si. The van der Waals surface area contributed by atoms with Crippen LogP contribution < -0.4 is 5.32 Å². The molecule has 0 aliphatic heterocycles. The quantitative estimate of drug-likeness (QED) is 0.278. The molecule has 0 aliphatic rings. The molecule has 196 valence electrons. The Morgan fingerprint density at radius 2 is 1.71 bits per heavy atom. The lowest BCUT2D eigenvalue weighted by molar-refractivity contribution is 0.0468. The van der Waals surface area contributed by atoms with Gasteiger partial charge in [-0.25, -0.2) is 9.59 Å². The maximum Gasteiger partial charge on any atom is 0.410 e. The van der Waals surface area contributed by atoms with Gasteiger partial charge in [-0.15, -0.1) is 6.58 Å². The highest BCUT2D eigenvalue weighted by Crippen LogP contribution is 2.37. The van der Waals surface area contributed by atoms with Gasteiger partial charge in [0.05, 0.1) is 14.1 Å². The Kier molecular flexibility index (Phi) is 11.3. The molecule has 2 atom stereocenters. The number of hydrogen-bond donors (Lipinski definition) is 1. The van der Waals surface area contributed by atoms with Crippen molar-refractivity contribution in [3.63, 3.8) is 0 Å². The summed E-state index contributed by atoms with van der Waals surface area (Å²) in [4.78, 5) is 27.1. The van der Waals surface area contributed by atoms with Gasteiger partial charge in [0.2, 0.25) is 0 Å². The standard InChI is InChI=1S/C28H46N2O4Si/c1-11-18-30(26(32)33-21-23-15-13-12-14-16-23)20-24(29-25(31)34-27(3,4)5)22(2)17-19-35(9,10)28(6,7)8/h11-17,19,22,24H,1,18,20-21H2,2-10H3,(H,29,31)/b19-17+/t22-,24?/m0/s1. The van der Waals surface area contributed by atoms with Gasteiger partial charge < -0.3 is 19.7 Å². The minimum absolute atomic E-state index is 0.0362. The van der Waals surface area contributed by atoms with Crippen LogP contribution in [0, 0.1) is 5.92 Å². The molecule has 0 saturated carbocycles. The van der Waals surface area contributed by atoms with Crippen LogP contribution in [0.15, 0.2) is 54.8 Å². The third-order valence-corrected chi connectivity index (χ3v) is 11.2. The van der Waals surface area contributed by atoms with Crippen molar-refractivity contribution in [1.82, 2.24) is 10.2 Å². The van der Waals surface area contributed by atoms with E-state index in [1.165, 1.54) is 0 Å². The molecule has 1 aromatic carbocycles. The average molecular weight is 503 g/mol. The zero-order valence-corrected chi connectivity index (χ0v) is 24.2. The highest BCUT2D eigenvalue weighted by atomic mass is 28.3. The van der Waals surface area contributed by atoms with Crippen molar-refractivity contribution < 1.29 is 19.1 Å². The number of carbonyl (C=O) groups is 2. The Morgan fingerprint density at radius 3 is 2.23 bits per heavy atom. The third kappa shape index (κ3) is 11.2. The summed E-state index contributed by atoms with van der Waals surface area (Å²) in [5.41, 5.74) is 2.62. The molecule has 1 unspecified atom stereocenters. The van der Waals surface area contributed by atoms with E-state index in [2.05, 4.69) is 57.5 Å². The van der Waals surface area contributed by atoms with Gasteiger partial charge >= 0.3 is 12.2 Å². The second-order valence-electron chi connectivity index (χ2n) is 11.7. The molecule has 1 N–H and O–H groups in total. The molecule has 0 heterocycles. The fraction of sp³-hybridized carbons (Fsp3) is 0.571. The Balaban J connectivity index is 3.07. The first-order chi connectivity index (χ1) is 16.1.